The second-order valence-corrected chi connectivity index (χ2v) is 9.12. The van der Waals surface area contributed by atoms with Crippen molar-refractivity contribution in [3.63, 3.8) is 0 Å². The number of para-hydroxylation sites is 1. The van der Waals surface area contributed by atoms with Crippen LogP contribution < -0.4 is 16.0 Å². The van der Waals surface area contributed by atoms with Gasteiger partial charge in [-0.05, 0) is 46.1 Å². The Bertz CT molecular complexity index is 1060. The Labute approximate surface area is 197 Å². The monoisotopic (exact) mass is 521 g/mol. The first-order valence-corrected chi connectivity index (χ1v) is 11.6. The highest BCUT2D eigenvalue weighted by Gasteiger charge is 2.27. The van der Waals surface area contributed by atoms with Gasteiger partial charge in [-0.2, -0.15) is 0 Å². The number of nitrogens with one attached hydrogen (secondary N) is 3. The molecule has 31 heavy (non-hydrogen) atoms. The minimum Gasteiger partial charge on any atom is -0.326 e. The number of carbonyl (C=O) groups excluding carboxylic acids is 2. The SMILES string of the molecule is CCC(C)C(NC(=O)Nc1ccccc1Br)C(=O)Nc1nnc(-c2ccc(Cl)cc2)s1. The molecule has 3 N–H and O–H groups in total. The van der Waals surface area contributed by atoms with Crippen molar-refractivity contribution in [1.82, 2.24) is 15.5 Å². The Balaban J connectivity index is 1.68. The molecule has 3 aromatic rings. The molecule has 3 amide bonds. The molecule has 0 aliphatic carbocycles. The van der Waals surface area contributed by atoms with E-state index in [2.05, 4.69) is 42.1 Å². The van der Waals surface area contributed by atoms with Gasteiger partial charge in [0.1, 0.15) is 11.0 Å². The summed E-state index contributed by atoms with van der Waals surface area (Å²) in [5.41, 5.74) is 1.46. The predicted molar refractivity (Wildman–Crippen MR) is 129 cm³/mol. The number of rotatable bonds is 7. The van der Waals surface area contributed by atoms with Crippen molar-refractivity contribution in [3.05, 3.63) is 58.0 Å². The third kappa shape index (κ3) is 6.25. The molecule has 0 fully saturated rings. The summed E-state index contributed by atoms with van der Waals surface area (Å²) in [6.45, 7) is 3.87. The van der Waals surface area contributed by atoms with Gasteiger partial charge in [0, 0.05) is 15.1 Å². The summed E-state index contributed by atoms with van der Waals surface area (Å²) >= 11 is 10.6. The molecule has 1 heterocycles. The molecule has 10 heteroatoms. The summed E-state index contributed by atoms with van der Waals surface area (Å²) in [6, 6.07) is 13.3. The molecule has 0 saturated carbocycles. The predicted octanol–water partition coefficient (Wildman–Crippen LogP) is 5.80. The molecule has 2 atom stereocenters. The maximum absolute atomic E-state index is 12.9. The molecule has 3 rings (SSSR count). The first kappa shape index (κ1) is 23.2. The van der Waals surface area contributed by atoms with Gasteiger partial charge in [0.2, 0.25) is 11.0 Å². The van der Waals surface area contributed by atoms with Crippen LogP contribution in [0.25, 0.3) is 10.6 Å². The summed E-state index contributed by atoms with van der Waals surface area (Å²) in [5.74, 6) is -0.441. The van der Waals surface area contributed by atoms with Gasteiger partial charge in [-0.25, -0.2) is 4.79 Å². The molecule has 1 aromatic heterocycles. The molecule has 2 unspecified atom stereocenters. The number of urea groups is 1. The molecule has 0 radical (unpaired) electrons. The van der Waals surface area contributed by atoms with Gasteiger partial charge in [-0.1, -0.05) is 67.5 Å². The van der Waals surface area contributed by atoms with Crippen molar-refractivity contribution in [2.75, 3.05) is 10.6 Å². The number of carbonyl (C=O) groups is 2. The highest BCUT2D eigenvalue weighted by atomic mass is 79.9. The third-order valence-electron chi connectivity index (χ3n) is 4.65. The Kier molecular flexibility index (Phi) is 8.00. The quantitative estimate of drug-likeness (QED) is 0.366. The first-order chi connectivity index (χ1) is 14.9. The molecule has 0 aliphatic rings. The number of nitrogens with zero attached hydrogens (tertiary/aromatic N) is 2. The van der Waals surface area contributed by atoms with Crippen molar-refractivity contribution in [3.8, 4) is 10.6 Å². The van der Waals surface area contributed by atoms with E-state index in [0.29, 0.717) is 27.3 Å². The van der Waals surface area contributed by atoms with Crippen LogP contribution >= 0.6 is 38.9 Å². The Morgan fingerprint density at radius 1 is 1.10 bits per heavy atom. The summed E-state index contributed by atoms with van der Waals surface area (Å²) in [4.78, 5) is 25.4. The van der Waals surface area contributed by atoms with Gasteiger partial charge in [0.15, 0.2) is 0 Å². The fourth-order valence-corrected chi connectivity index (χ4v) is 3.99. The zero-order valence-electron chi connectivity index (χ0n) is 16.9. The van der Waals surface area contributed by atoms with Crippen molar-refractivity contribution < 1.29 is 9.59 Å². The van der Waals surface area contributed by atoms with E-state index in [1.807, 2.05) is 44.2 Å². The molecule has 2 aromatic carbocycles. The number of anilines is 2. The maximum Gasteiger partial charge on any atom is 0.319 e. The van der Waals surface area contributed by atoms with E-state index < -0.39 is 12.1 Å². The molecule has 162 valence electrons. The number of hydrogen-bond acceptors (Lipinski definition) is 5. The minimum absolute atomic E-state index is 0.0892. The van der Waals surface area contributed by atoms with Crippen LogP contribution in [-0.4, -0.2) is 28.2 Å². The summed E-state index contributed by atoms with van der Waals surface area (Å²) in [6.07, 6.45) is 0.708. The average molecular weight is 523 g/mol. The van der Waals surface area contributed by atoms with E-state index in [-0.39, 0.29) is 11.8 Å². The lowest BCUT2D eigenvalue weighted by atomic mass is 9.98. The van der Waals surface area contributed by atoms with Crippen molar-refractivity contribution in [1.29, 1.82) is 0 Å². The van der Waals surface area contributed by atoms with Crippen LogP contribution in [0.1, 0.15) is 20.3 Å². The van der Waals surface area contributed by atoms with Crippen LogP contribution in [0.15, 0.2) is 53.0 Å². The smallest absolute Gasteiger partial charge is 0.319 e. The lowest BCUT2D eigenvalue weighted by molar-refractivity contribution is -0.119. The lowest BCUT2D eigenvalue weighted by Crippen LogP contribution is -2.49. The zero-order chi connectivity index (χ0) is 22.4. The second kappa shape index (κ2) is 10.7. The topological polar surface area (TPSA) is 96.0 Å². The van der Waals surface area contributed by atoms with Crippen molar-refractivity contribution >= 4 is 61.6 Å². The summed E-state index contributed by atoms with van der Waals surface area (Å²) in [7, 11) is 0. The highest BCUT2D eigenvalue weighted by molar-refractivity contribution is 9.10. The van der Waals surface area contributed by atoms with Gasteiger partial charge >= 0.3 is 6.03 Å². The van der Waals surface area contributed by atoms with Crippen LogP contribution in [0.3, 0.4) is 0 Å². The van der Waals surface area contributed by atoms with Crippen LogP contribution in [0, 0.1) is 5.92 Å². The average Bonchev–Trinajstić information content (AvgIpc) is 3.22. The fraction of sp³-hybridized carbons (Fsp3) is 0.238. The maximum atomic E-state index is 12.9. The largest absolute Gasteiger partial charge is 0.326 e. The van der Waals surface area contributed by atoms with E-state index in [1.165, 1.54) is 11.3 Å². The Hall–Kier alpha value is -2.49. The fourth-order valence-electron chi connectivity index (χ4n) is 2.73. The standard InChI is InChI=1S/C21H21BrClN5O2S/c1-3-12(2)17(25-20(30)24-16-7-5-4-6-15(16)22)18(29)26-21-28-27-19(31-21)13-8-10-14(23)11-9-13/h4-12,17H,3H2,1-2H3,(H2,24,25,30)(H,26,28,29). The molecular formula is C21H21BrClN5O2S. The molecule has 0 saturated heterocycles. The molecule has 0 aliphatic heterocycles. The lowest BCUT2D eigenvalue weighted by Gasteiger charge is -2.23. The van der Waals surface area contributed by atoms with Crippen LogP contribution in [0.5, 0.6) is 0 Å². The molecule has 0 bridgehead atoms. The first-order valence-electron chi connectivity index (χ1n) is 9.59. The number of benzene rings is 2. The van der Waals surface area contributed by atoms with E-state index >= 15 is 0 Å². The number of amides is 3. The van der Waals surface area contributed by atoms with Crippen molar-refractivity contribution in [2.24, 2.45) is 5.92 Å². The van der Waals surface area contributed by atoms with Crippen LogP contribution in [0.2, 0.25) is 5.02 Å². The number of aromatic nitrogens is 2. The van der Waals surface area contributed by atoms with E-state index in [4.69, 9.17) is 11.6 Å². The second-order valence-electron chi connectivity index (χ2n) is 6.85. The third-order valence-corrected chi connectivity index (χ3v) is 6.48. The zero-order valence-corrected chi connectivity index (χ0v) is 20.0. The molecular weight excluding hydrogens is 502 g/mol. The Morgan fingerprint density at radius 3 is 2.48 bits per heavy atom. The number of hydrogen-bond donors (Lipinski definition) is 3. The van der Waals surface area contributed by atoms with Crippen molar-refractivity contribution in [2.45, 2.75) is 26.3 Å². The number of halogens is 2. The van der Waals surface area contributed by atoms with Crippen LogP contribution in [-0.2, 0) is 4.79 Å². The summed E-state index contributed by atoms with van der Waals surface area (Å²) < 4.78 is 0.748. The van der Waals surface area contributed by atoms with Crippen LogP contribution in [0.4, 0.5) is 15.6 Å². The Morgan fingerprint density at radius 2 is 1.81 bits per heavy atom. The van der Waals surface area contributed by atoms with E-state index in [9.17, 15) is 9.59 Å². The van der Waals surface area contributed by atoms with Gasteiger partial charge in [-0.15, -0.1) is 10.2 Å². The van der Waals surface area contributed by atoms with Gasteiger partial charge in [0.05, 0.1) is 5.69 Å². The minimum atomic E-state index is -0.740. The van der Waals surface area contributed by atoms with Gasteiger partial charge in [-0.3, -0.25) is 10.1 Å². The van der Waals surface area contributed by atoms with Gasteiger partial charge < -0.3 is 10.6 Å². The van der Waals surface area contributed by atoms with Gasteiger partial charge in [0.25, 0.3) is 0 Å². The summed E-state index contributed by atoms with van der Waals surface area (Å²) in [5, 5.41) is 18.1. The van der Waals surface area contributed by atoms with E-state index in [0.717, 1.165) is 10.0 Å². The highest BCUT2D eigenvalue weighted by Crippen LogP contribution is 2.27. The normalized spacial score (nSPS) is 12.6. The van der Waals surface area contributed by atoms with E-state index in [1.54, 1.807) is 18.2 Å². The molecule has 7 nitrogen and oxygen atoms in total. The molecule has 0 spiro atoms.